The van der Waals surface area contributed by atoms with Crippen molar-refractivity contribution in [2.45, 2.75) is 39.5 Å². The van der Waals surface area contributed by atoms with Gasteiger partial charge >= 0.3 is 0 Å². The molecule has 0 radical (unpaired) electrons. The van der Waals surface area contributed by atoms with Gasteiger partial charge in [0.1, 0.15) is 0 Å². The molecule has 1 N–H and O–H groups in total. The van der Waals surface area contributed by atoms with Gasteiger partial charge in [-0.3, -0.25) is 4.79 Å². The Bertz CT molecular complexity index is 622. The van der Waals surface area contributed by atoms with Crippen molar-refractivity contribution in [2.24, 2.45) is 0 Å². The van der Waals surface area contributed by atoms with Crippen LogP contribution in [0.1, 0.15) is 49.3 Å². The first kappa shape index (κ1) is 16.5. The number of rotatable bonds is 7. The number of nitrogens with one attached hydrogen (secondary N) is 1. The van der Waals surface area contributed by atoms with Gasteiger partial charge in [0.25, 0.3) is 5.91 Å². The molecule has 0 spiro atoms. The van der Waals surface area contributed by atoms with E-state index >= 15 is 0 Å². The van der Waals surface area contributed by atoms with Gasteiger partial charge in [-0.25, -0.2) is 4.68 Å². The highest BCUT2D eigenvalue weighted by Gasteiger charge is 2.19. The molecule has 2 aromatic rings. The lowest BCUT2D eigenvalue weighted by Gasteiger charge is -2.07. The van der Waals surface area contributed by atoms with Crippen LogP contribution < -0.4 is 5.32 Å². The Morgan fingerprint density at radius 3 is 2.59 bits per heavy atom. The zero-order valence-corrected chi connectivity index (χ0v) is 13.7. The first-order valence-electron chi connectivity index (χ1n) is 7.66. The fourth-order valence-corrected chi connectivity index (χ4v) is 2.32. The van der Waals surface area contributed by atoms with E-state index in [0.29, 0.717) is 17.3 Å². The Hall–Kier alpha value is -1.88. The average molecular weight is 321 g/mol. The normalized spacial score (nSPS) is 10.7. The highest BCUT2D eigenvalue weighted by atomic mass is 35.5. The number of halogens is 1. The van der Waals surface area contributed by atoms with E-state index in [1.807, 2.05) is 12.1 Å². The number of aromatic nitrogens is 3. The van der Waals surface area contributed by atoms with Crippen molar-refractivity contribution >= 4 is 17.5 Å². The van der Waals surface area contributed by atoms with E-state index in [9.17, 15) is 4.79 Å². The van der Waals surface area contributed by atoms with Crippen molar-refractivity contribution in [1.29, 1.82) is 0 Å². The molecule has 1 aromatic carbocycles. The molecule has 1 heterocycles. The van der Waals surface area contributed by atoms with Gasteiger partial charge in [-0.1, -0.05) is 43.5 Å². The summed E-state index contributed by atoms with van der Waals surface area (Å²) < 4.78 is 1.72. The molecule has 0 saturated heterocycles. The van der Waals surface area contributed by atoms with Gasteiger partial charge in [-0.2, -0.15) is 0 Å². The number of unbranched alkanes of at least 4 members (excludes halogenated alkanes) is 1. The predicted octanol–water partition coefficient (Wildman–Crippen LogP) is 3.40. The molecule has 0 saturated carbocycles. The van der Waals surface area contributed by atoms with Crippen LogP contribution in [0, 0.1) is 0 Å². The summed E-state index contributed by atoms with van der Waals surface area (Å²) in [6.07, 6.45) is 3.65. The van der Waals surface area contributed by atoms with Crippen LogP contribution in [-0.4, -0.2) is 27.4 Å². The fourth-order valence-electron chi connectivity index (χ4n) is 2.19. The lowest BCUT2D eigenvalue weighted by Crippen LogP contribution is -2.26. The summed E-state index contributed by atoms with van der Waals surface area (Å²) in [6.45, 7) is 4.82. The predicted molar refractivity (Wildman–Crippen MR) is 87.6 cm³/mol. The van der Waals surface area contributed by atoms with Crippen molar-refractivity contribution in [3.8, 4) is 5.69 Å². The molecule has 1 aromatic heterocycles. The van der Waals surface area contributed by atoms with Gasteiger partial charge in [-0.15, -0.1) is 5.10 Å². The van der Waals surface area contributed by atoms with Crippen molar-refractivity contribution < 1.29 is 4.79 Å². The largest absolute Gasteiger partial charge is 0.351 e. The number of benzene rings is 1. The van der Waals surface area contributed by atoms with Crippen molar-refractivity contribution in [1.82, 2.24) is 20.3 Å². The van der Waals surface area contributed by atoms with E-state index in [4.69, 9.17) is 11.6 Å². The maximum Gasteiger partial charge on any atom is 0.273 e. The maximum absolute atomic E-state index is 12.3. The molecule has 0 unspecified atom stereocenters. The Balaban J connectivity index is 2.28. The van der Waals surface area contributed by atoms with Crippen LogP contribution >= 0.6 is 11.6 Å². The summed E-state index contributed by atoms with van der Waals surface area (Å²) >= 11 is 5.92. The lowest BCUT2D eigenvalue weighted by molar-refractivity contribution is 0.0947. The second-order valence-electron chi connectivity index (χ2n) is 5.13. The summed E-state index contributed by atoms with van der Waals surface area (Å²) in [5.74, 6) is -0.155. The molecule has 5 nitrogen and oxygen atoms in total. The van der Waals surface area contributed by atoms with Crippen molar-refractivity contribution in [3.05, 3.63) is 40.7 Å². The van der Waals surface area contributed by atoms with E-state index in [1.54, 1.807) is 16.8 Å². The fraction of sp³-hybridized carbons (Fsp3) is 0.438. The molecule has 0 fully saturated rings. The van der Waals surface area contributed by atoms with Gasteiger partial charge in [0.15, 0.2) is 5.69 Å². The number of hydrogen-bond donors (Lipinski definition) is 1. The van der Waals surface area contributed by atoms with Crippen LogP contribution in [0.5, 0.6) is 0 Å². The molecule has 0 atom stereocenters. The molecule has 118 valence electrons. The van der Waals surface area contributed by atoms with E-state index in [2.05, 4.69) is 29.5 Å². The van der Waals surface area contributed by atoms with Crippen molar-refractivity contribution in [3.63, 3.8) is 0 Å². The average Bonchev–Trinajstić information content (AvgIpc) is 2.92. The molecule has 2 rings (SSSR count). The Morgan fingerprint density at radius 2 is 1.95 bits per heavy atom. The minimum absolute atomic E-state index is 0.155. The number of carbonyl (C=O) groups excluding carboxylic acids is 1. The SMILES string of the molecule is CCCCNC(=O)c1nnn(-c2ccc(Cl)cc2)c1CCC. The molecule has 1 amide bonds. The first-order valence-corrected chi connectivity index (χ1v) is 8.03. The first-order chi connectivity index (χ1) is 10.7. The van der Waals surface area contributed by atoms with Gasteiger partial charge < -0.3 is 5.32 Å². The molecule has 0 aliphatic rings. The van der Waals surface area contributed by atoms with Crippen LogP contribution in [0.25, 0.3) is 5.69 Å². The summed E-state index contributed by atoms with van der Waals surface area (Å²) in [6, 6.07) is 7.34. The summed E-state index contributed by atoms with van der Waals surface area (Å²) in [5, 5.41) is 11.8. The number of amides is 1. The van der Waals surface area contributed by atoms with Crippen LogP contribution in [0.15, 0.2) is 24.3 Å². The number of hydrogen-bond acceptors (Lipinski definition) is 3. The quantitative estimate of drug-likeness (QED) is 0.795. The van der Waals surface area contributed by atoms with Gasteiger partial charge in [0.05, 0.1) is 11.4 Å². The minimum atomic E-state index is -0.155. The number of nitrogens with zero attached hydrogens (tertiary/aromatic N) is 3. The standard InChI is InChI=1S/C16H21ClN4O/c1-3-5-11-18-16(22)15-14(6-4-2)21(20-19-15)13-9-7-12(17)8-10-13/h7-10H,3-6,11H2,1-2H3,(H,18,22). The van der Waals surface area contributed by atoms with Gasteiger partial charge in [-0.05, 0) is 37.1 Å². The second-order valence-corrected chi connectivity index (χ2v) is 5.57. The third-order valence-electron chi connectivity index (χ3n) is 3.35. The van der Waals surface area contributed by atoms with E-state index < -0.39 is 0 Å². The molecular formula is C16H21ClN4O. The van der Waals surface area contributed by atoms with Gasteiger partial charge in [0, 0.05) is 11.6 Å². The maximum atomic E-state index is 12.3. The summed E-state index contributed by atoms with van der Waals surface area (Å²) in [5.41, 5.74) is 2.10. The van der Waals surface area contributed by atoms with Crippen LogP contribution in [0.3, 0.4) is 0 Å². The smallest absolute Gasteiger partial charge is 0.273 e. The summed E-state index contributed by atoms with van der Waals surface area (Å²) in [4.78, 5) is 12.3. The highest BCUT2D eigenvalue weighted by Crippen LogP contribution is 2.17. The van der Waals surface area contributed by atoms with Crippen LogP contribution in [0.2, 0.25) is 5.02 Å². The Kier molecular flexibility index (Phi) is 5.95. The van der Waals surface area contributed by atoms with Crippen LogP contribution in [0.4, 0.5) is 0 Å². The molecule has 22 heavy (non-hydrogen) atoms. The second kappa shape index (κ2) is 7.94. The van der Waals surface area contributed by atoms with E-state index in [-0.39, 0.29) is 5.91 Å². The van der Waals surface area contributed by atoms with Crippen molar-refractivity contribution in [2.75, 3.05) is 6.54 Å². The minimum Gasteiger partial charge on any atom is -0.351 e. The zero-order valence-electron chi connectivity index (χ0n) is 13.0. The topological polar surface area (TPSA) is 59.8 Å². The van der Waals surface area contributed by atoms with Gasteiger partial charge in [0.2, 0.25) is 0 Å². The molecule has 0 aliphatic heterocycles. The van der Waals surface area contributed by atoms with Crippen LogP contribution in [-0.2, 0) is 6.42 Å². The molecule has 6 heteroatoms. The monoisotopic (exact) mass is 320 g/mol. The number of carbonyl (C=O) groups is 1. The molecular weight excluding hydrogens is 300 g/mol. The Morgan fingerprint density at radius 1 is 1.23 bits per heavy atom. The third kappa shape index (κ3) is 3.85. The highest BCUT2D eigenvalue weighted by molar-refractivity contribution is 6.30. The third-order valence-corrected chi connectivity index (χ3v) is 3.60. The van der Waals surface area contributed by atoms with E-state index in [1.165, 1.54) is 0 Å². The lowest BCUT2D eigenvalue weighted by atomic mass is 10.2. The summed E-state index contributed by atoms with van der Waals surface area (Å²) in [7, 11) is 0. The molecule has 0 aliphatic carbocycles. The Labute approximate surface area is 135 Å². The zero-order chi connectivity index (χ0) is 15.9. The van der Waals surface area contributed by atoms with E-state index in [0.717, 1.165) is 37.1 Å². The molecule has 0 bridgehead atoms.